The third kappa shape index (κ3) is 4.81. The highest BCUT2D eigenvalue weighted by molar-refractivity contribution is 14.2. The van der Waals surface area contributed by atoms with Crippen molar-refractivity contribution in [2.75, 3.05) is 6.61 Å². The normalized spacial score (nSPS) is 17.4. The molecule has 0 amide bonds. The maximum atomic E-state index is 13.3. The van der Waals surface area contributed by atoms with Gasteiger partial charge in [0.05, 0.1) is 25.0 Å². The summed E-state index contributed by atoms with van der Waals surface area (Å²) in [7, 11) is 0. The second-order valence-corrected chi connectivity index (χ2v) is 11.1. The van der Waals surface area contributed by atoms with E-state index >= 15 is 0 Å². The molecule has 0 aliphatic carbocycles. The highest BCUT2D eigenvalue weighted by Crippen LogP contribution is 2.55. The molecule has 192 valence electrons. The Kier molecular flexibility index (Phi) is 7.37. The van der Waals surface area contributed by atoms with Crippen LogP contribution < -0.4 is 14.2 Å². The Morgan fingerprint density at radius 3 is 2.18 bits per heavy atom. The van der Waals surface area contributed by atoms with Crippen molar-refractivity contribution < 1.29 is 23.5 Å². The Bertz CT molecular complexity index is 1390. The van der Waals surface area contributed by atoms with Gasteiger partial charge in [0.25, 0.3) is 0 Å². The van der Waals surface area contributed by atoms with Gasteiger partial charge in [0.15, 0.2) is 17.3 Å². The summed E-state index contributed by atoms with van der Waals surface area (Å²) in [5, 5.41) is 0. The number of Topliss-reactive ketones (excluding diaryl/α,β-unsaturated/α-hetero) is 1. The van der Waals surface area contributed by atoms with Crippen molar-refractivity contribution in [3.05, 3.63) is 125 Å². The number of aryl methyl sites for hydroxylation is 1. The lowest BCUT2D eigenvalue weighted by atomic mass is 9.95. The number of fused-ring (bicyclic) bond motifs is 3. The average Bonchev–Trinajstić information content (AvgIpc) is 3.38. The van der Waals surface area contributed by atoms with Gasteiger partial charge in [0, 0.05) is 11.1 Å². The molecule has 0 saturated heterocycles. The van der Waals surface area contributed by atoms with Crippen LogP contribution in [-0.4, -0.2) is 12.4 Å². The maximum Gasteiger partial charge on any atom is 0.305 e. The fraction of sp³-hybridized carbons (Fsp3) is 0.194. The van der Waals surface area contributed by atoms with Crippen molar-refractivity contribution >= 4 is 34.3 Å². The van der Waals surface area contributed by atoms with Gasteiger partial charge in [-0.3, -0.25) is 4.79 Å². The topological polar surface area (TPSA) is 54.0 Å². The first kappa shape index (κ1) is 25.4. The molecule has 0 N–H and O–H groups in total. The summed E-state index contributed by atoms with van der Waals surface area (Å²) in [5.74, 6) is 0.303. The van der Waals surface area contributed by atoms with Gasteiger partial charge in [-0.25, -0.2) is 0 Å². The Morgan fingerprint density at radius 1 is 0.842 bits per heavy atom. The summed E-state index contributed by atoms with van der Waals surface area (Å²) >= 11 is 2.24. The third-order valence-electron chi connectivity index (χ3n) is 6.93. The molecule has 0 spiro atoms. The number of ketones is 1. The smallest absolute Gasteiger partial charge is 0.305 e. The summed E-state index contributed by atoms with van der Waals surface area (Å²) in [4.78, 5) is 13.3. The van der Waals surface area contributed by atoms with Crippen LogP contribution in [0.1, 0.15) is 51.6 Å². The number of carbonyl (C=O) groups is 1. The minimum Gasteiger partial charge on any atom is -0.480 e. The third-order valence-corrected chi connectivity index (χ3v) is 8.18. The number of hydrogen-bond acceptors (Lipinski definition) is 5. The molecule has 5 nitrogen and oxygen atoms in total. The highest BCUT2D eigenvalue weighted by atomic mass is 127. The van der Waals surface area contributed by atoms with Crippen molar-refractivity contribution in [1.82, 2.24) is 0 Å². The van der Waals surface area contributed by atoms with E-state index in [1.54, 1.807) is 12.1 Å². The molecule has 38 heavy (non-hydrogen) atoms. The number of carbonyl (C=O) groups excluding carboxylic acids is 1. The van der Waals surface area contributed by atoms with Gasteiger partial charge in [-0.15, -0.1) is 0 Å². The molecule has 2 aliphatic rings. The minimum atomic E-state index is -1.18. The first-order valence-corrected chi connectivity index (χ1v) is 16.6. The second kappa shape index (κ2) is 11.0. The van der Waals surface area contributed by atoms with Crippen LogP contribution >= 0.6 is 28.5 Å². The van der Waals surface area contributed by atoms with Gasteiger partial charge in [-0.1, -0.05) is 84.9 Å². The van der Waals surface area contributed by atoms with E-state index in [-0.39, 0.29) is 12.2 Å². The summed E-state index contributed by atoms with van der Waals surface area (Å²) in [5.41, 5.74) is 4.44. The van der Waals surface area contributed by atoms with Crippen LogP contribution in [0.4, 0.5) is 0 Å². The molecule has 0 radical (unpaired) electrons. The second-order valence-electron chi connectivity index (χ2n) is 9.33. The van der Waals surface area contributed by atoms with E-state index in [1.807, 2.05) is 60.7 Å². The Morgan fingerprint density at radius 2 is 1.53 bits per heavy atom. The molecule has 2 heterocycles. The van der Waals surface area contributed by atoms with Crippen molar-refractivity contribution in [3.63, 3.8) is 0 Å². The summed E-state index contributed by atoms with van der Waals surface area (Å²) in [6.45, 7) is 1.26. The average molecular weight is 636 g/mol. The summed E-state index contributed by atoms with van der Waals surface area (Å²) in [6, 6.07) is 31.6. The lowest BCUT2D eigenvalue weighted by Crippen LogP contribution is -2.36. The minimum absolute atomic E-state index is 0.0282. The van der Waals surface area contributed by atoms with Crippen molar-refractivity contribution in [2.24, 2.45) is 0 Å². The zero-order chi connectivity index (χ0) is 26.0. The van der Waals surface area contributed by atoms with Crippen molar-refractivity contribution in [3.8, 4) is 17.2 Å². The number of rotatable bonds is 8. The number of ether oxygens (including phenoxy) is 3. The van der Waals surface area contributed by atoms with E-state index in [4.69, 9.17) is 18.7 Å². The fourth-order valence-electron chi connectivity index (χ4n) is 5.03. The van der Waals surface area contributed by atoms with Gasteiger partial charge < -0.3 is 18.7 Å². The molecule has 4 aromatic rings. The molecular formula is C31H26IO5P. The van der Waals surface area contributed by atoms with Crippen LogP contribution in [0, 0.1) is 0 Å². The van der Waals surface area contributed by atoms with E-state index in [9.17, 15) is 4.79 Å². The Labute approximate surface area is 236 Å². The first-order chi connectivity index (χ1) is 18.7. The molecular weight excluding hydrogens is 610 g/mol. The quantitative estimate of drug-likeness (QED) is 0.112. The summed E-state index contributed by atoms with van der Waals surface area (Å²) < 4.78 is 25.2. The maximum absolute atomic E-state index is 13.3. The van der Waals surface area contributed by atoms with Crippen LogP contribution in [-0.2, 0) is 16.7 Å². The van der Waals surface area contributed by atoms with Crippen LogP contribution in [0.5, 0.6) is 17.2 Å². The Hall–Kier alpha value is -2.93. The zero-order valence-corrected chi connectivity index (χ0v) is 23.7. The standard InChI is InChI=1S/C31H26IO5P/c32-38-34-19-7-8-21-13-15-22(16-14-21)28-20-26(33)25-17-18-27-30(29(25)35-28)37-31(36-27,23-9-3-1-4-10-23)24-11-5-2-6-12-24/h1-6,9-18,28,38H,7-8,19-20H2. The summed E-state index contributed by atoms with van der Waals surface area (Å²) in [6.07, 6.45) is 1.81. The molecule has 2 unspecified atom stereocenters. The SMILES string of the molecule is O=C1CC(c2ccc(CCCOPI)cc2)Oc2c1ccc1c2OC(c2ccccc2)(c2ccccc2)O1. The Balaban J connectivity index is 1.31. The van der Waals surface area contributed by atoms with Crippen LogP contribution in [0.25, 0.3) is 0 Å². The molecule has 2 aliphatic heterocycles. The van der Waals surface area contributed by atoms with Gasteiger partial charge in [0.2, 0.25) is 5.75 Å². The number of benzene rings is 4. The van der Waals surface area contributed by atoms with Crippen LogP contribution in [0.15, 0.2) is 97.1 Å². The molecule has 2 atom stereocenters. The molecule has 0 saturated carbocycles. The molecule has 0 fully saturated rings. The molecule has 4 aromatic carbocycles. The van der Waals surface area contributed by atoms with Gasteiger partial charge in [-0.05, 0) is 58.1 Å². The van der Waals surface area contributed by atoms with Crippen molar-refractivity contribution in [1.29, 1.82) is 0 Å². The monoisotopic (exact) mass is 636 g/mol. The molecule has 6 rings (SSSR count). The lowest BCUT2D eigenvalue weighted by molar-refractivity contribution is -0.0473. The van der Waals surface area contributed by atoms with Gasteiger partial charge >= 0.3 is 5.79 Å². The fourth-order valence-corrected chi connectivity index (χ4v) is 5.91. The van der Waals surface area contributed by atoms with E-state index in [0.29, 0.717) is 29.3 Å². The van der Waals surface area contributed by atoms with E-state index in [2.05, 4.69) is 46.3 Å². The van der Waals surface area contributed by atoms with Crippen molar-refractivity contribution in [2.45, 2.75) is 31.2 Å². The van der Waals surface area contributed by atoms with E-state index in [0.717, 1.165) is 36.1 Å². The molecule has 7 heteroatoms. The number of halogens is 1. The zero-order valence-electron chi connectivity index (χ0n) is 20.6. The lowest BCUT2D eigenvalue weighted by Gasteiger charge is -2.29. The predicted octanol–water partition coefficient (Wildman–Crippen LogP) is 7.96. The van der Waals surface area contributed by atoms with Crippen LogP contribution in [0.2, 0.25) is 0 Å². The molecule has 0 bridgehead atoms. The van der Waals surface area contributed by atoms with Gasteiger partial charge in [-0.2, -0.15) is 0 Å². The van der Waals surface area contributed by atoms with Crippen LogP contribution in [0.3, 0.4) is 0 Å². The van der Waals surface area contributed by atoms with E-state index in [1.165, 1.54) is 5.56 Å². The van der Waals surface area contributed by atoms with Gasteiger partial charge in [0.1, 0.15) is 6.10 Å². The number of hydrogen-bond donors (Lipinski definition) is 0. The largest absolute Gasteiger partial charge is 0.480 e. The van der Waals surface area contributed by atoms with E-state index < -0.39 is 11.9 Å². The first-order valence-electron chi connectivity index (χ1n) is 12.6. The molecule has 0 aromatic heterocycles. The predicted molar refractivity (Wildman–Crippen MR) is 157 cm³/mol. The highest BCUT2D eigenvalue weighted by Gasteiger charge is 2.48.